The molecule has 3 aliphatic heterocycles. The van der Waals surface area contributed by atoms with E-state index in [0.29, 0.717) is 12.0 Å². The number of carbonyl (C=O) groups is 3. The third kappa shape index (κ3) is 5.62. The van der Waals surface area contributed by atoms with Crippen LogP contribution in [0.4, 0.5) is 0 Å². The highest BCUT2D eigenvalue weighted by atomic mass is 16.8. The smallest absolute Gasteiger partial charge is 0.338 e. The molecule has 0 radical (unpaired) electrons. The molecule has 0 aromatic heterocycles. The van der Waals surface area contributed by atoms with Gasteiger partial charge in [-0.3, -0.25) is 4.79 Å². The van der Waals surface area contributed by atoms with Crippen LogP contribution >= 0.6 is 0 Å². The van der Waals surface area contributed by atoms with E-state index in [1.54, 1.807) is 6.08 Å². The fraction of sp³-hybridized carbons (Fsp3) is 0.480. The zero-order valence-corrected chi connectivity index (χ0v) is 19.9. The van der Waals surface area contributed by atoms with Gasteiger partial charge in [0.05, 0.1) is 30.6 Å². The summed E-state index contributed by atoms with van der Waals surface area (Å²) in [6.07, 6.45) is -5.09. The summed E-state index contributed by atoms with van der Waals surface area (Å²) >= 11 is 0. The number of fused-ring (bicyclic) bond motifs is 1. The number of aromatic hydroxyl groups is 1. The molecular weight excluding hydrogens is 492 g/mol. The summed E-state index contributed by atoms with van der Waals surface area (Å²) in [7, 11) is 0. The number of hydrogen-bond acceptors (Lipinski definition) is 12. The lowest BCUT2D eigenvalue weighted by Crippen LogP contribution is -2.62. The predicted octanol–water partition coefficient (Wildman–Crippen LogP) is 0.549. The van der Waals surface area contributed by atoms with Gasteiger partial charge in [0.25, 0.3) is 0 Å². The molecule has 1 aromatic rings. The van der Waals surface area contributed by atoms with Gasteiger partial charge in [0, 0.05) is 18.8 Å². The van der Waals surface area contributed by atoms with Crippen LogP contribution < -0.4 is 0 Å². The second kappa shape index (κ2) is 11.3. The Hall–Kier alpha value is -3.45. The zero-order valence-electron chi connectivity index (χ0n) is 19.9. The van der Waals surface area contributed by atoms with Crippen molar-refractivity contribution in [3.63, 3.8) is 0 Å². The quantitative estimate of drug-likeness (QED) is 0.260. The van der Waals surface area contributed by atoms with E-state index in [4.69, 9.17) is 28.4 Å². The number of aliphatic hydroxyl groups is 2. The number of ether oxygens (including phenoxy) is 6. The Morgan fingerprint density at radius 1 is 1.22 bits per heavy atom. The van der Waals surface area contributed by atoms with Crippen molar-refractivity contribution in [3.8, 4) is 5.75 Å². The normalized spacial score (nSPS) is 33.2. The highest BCUT2D eigenvalue weighted by Gasteiger charge is 2.52. The van der Waals surface area contributed by atoms with Gasteiger partial charge in [-0.1, -0.05) is 12.1 Å². The summed E-state index contributed by atoms with van der Waals surface area (Å²) in [6.45, 7) is 4.46. The first-order valence-corrected chi connectivity index (χ1v) is 11.7. The Morgan fingerprint density at radius 2 is 2.00 bits per heavy atom. The largest absolute Gasteiger partial charge is 0.508 e. The molecule has 2 saturated heterocycles. The second-order valence-electron chi connectivity index (χ2n) is 8.77. The monoisotopic (exact) mass is 520 g/mol. The molecule has 4 rings (SSSR count). The topological polar surface area (TPSA) is 167 Å². The Balaban J connectivity index is 1.64. The van der Waals surface area contributed by atoms with Crippen LogP contribution in [0.5, 0.6) is 5.75 Å². The van der Waals surface area contributed by atoms with E-state index in [1.807, 2.05) is 0 Å². The number of phenols is 1. The molecule has 3 heterocycles. The minimum atomic E-state index is -1.57. The number of phenolic OH excluding ortho intramolecular Hbond substituents is 1. The van der Waals surface area contributed by atoms with Crippen LogP contribution in [0.15, 0.2) is 48.8 Å². The number of cyclic esters (lactones) is 1. The Bertz CT molecular complexity index is 1070. The van der Waals surface area contributed by atoms with Crippen LogP contribution in [0.3, 0.4) is 0 Å². The van der Waals surface area contributed by atoms with Crippen molar-refractivity contribution in [2.75, 3.05) is 13.2 Å². The van der Waals surface area contributed by atoms with Gasteiger partial charge >= 0.3 is 17.9 Å². The summed E-state index contributed by atoms with van der Waals surface area (Å²) in [5.74, 6) is -3.26. The molecule has 0 aliphatic carbocycles. The number of benzene rings is 1. The molecule has 8 atom stereocenters. The van der Waals surface area contributed by atoms with E-state index >= 15 is 0 Å². The van der Waals surface area contributed by atoms with E-state index < -0.39 is 67.4 Å². The van der Waals surface area contributed by atoms with Crippen LogP contribution in [0, 0.1) is 11.8 Å². The van der Waals surface area contributed by atoms with Crippen molar-refractivity contribution in [1.29, 1.82) is 0 Å². The minimum Gasteiger partial charge on any atom is -0.508 e. The first kappa shape index (κ1) is 26.6. The maximum Gasteiger partial charge on any atom is 0.338 e. The molecule has 2 fully saturated rings. The van der Waals surface area contributed by atoms with E-state index in [2.05, 4.69) is 6.58 Å². The van der Waals surface area contributed by atoms with E-state index in [-0.39, 0.29) is 23.8 Å². The Morgan fingerprint density at radius 3 is 2.68 bits per heavy atom. The van der Waals surface area contributed by atoms with Crippen LogP contribution in [-0.4, -0.2) is 83.4 Å². The first-order valence-electron chi connectivity index (χ1n) is 11.7. The van der Waals surface area contributed by atoms with Gasteiger partial charge in [-0.15, -0.1) is 6.58 Å². The van der Waals surface area contributed by atoms with Gasteiger partial charge < -0.3 is 43.7 Å². The van der Waals surface area contributed by atoms with Gasteiger partial charge in [0.2, 0.25) is 12.6 Å². The SMILES string of the molecule is C=CC1C(OC2OC(CO)C(O)C(OC(C)=O)C2OC(=O)c2cccc(O)c2)OC=C2C(=O)OCCC21. The molecular formula is C25H28O12. The molecule has 12 heteroatoms. The standard InChI is InChI=1S/C25H28O12/c1-3-15-16-7-8-32-23(31)17(16)11-33-24(15)37-25-21(36-22(30)13-5-4-6-14(28)9-13)20(34-12(2)27)19(29)18(10-26)35-25/h3-6,9,11,15-16,18-21,24-26,28-29H,1,7-8,10H2,2H3. The number of hydrogen-bond donors (Lipinski definition) is 3. The lowest BCUT2D eigenvalue weighted by molar-refractivity contribution is -0.339. The van der Waals surface area contributed by atoms with Crippen molar-refractivity contribution >= 4 is 17.9 Å². The van der Waals surface area contributed by atoms with E-state index in [9.17, 15) is 29.7 Å². The molecule has 12 nitrogen and oxygen atoms in total. The average Bonchev–Trinajstić information content (AvgIpc) is 2.87. The van der Waals surface area contributed by atoms with Crippen LogP contribution in [0.1, 0.15) is 23.7 Å². The summed E-state index contributed by atoms with van der Waals surface area (Å²) in [5.41, 5.74) is 0.305. The summed E-state index contributed by atoms with van der Waals surface area (Å²) in [5, 5.41) is 30.2. The highest BCUT2D eigenvalue weighted by molar-refractivity contribution is 5.90. The van der Waals surface area contributed by atoms with E-state index in [0.717, 1.165) is 6.92 Å². The van der Waals surface area contributed by atoms with Crippen molar-refractivity contribution in [1.82, 2.24) is 0 Å². The third-order valence-electron chi connectivity index (χ3n) is 6.37. The van der Waals surface area contributed by atoms with Gasteiger partial charge in [-0.05, 0) is 24.6 Å². The number of esters is 3. The molecule has 0 saturated carbocycles. The van der Waals surface area contributed by atoms with Crippen LogP contribution in [-0.2, 0) is 38.0 Å². The fourth-order valence-electron chi connectivity index (χ4n) is 4.58. The molecule has 8 unspecified atom stereocenters. The van der Waals surface area contributed by atoms with E-state index in [1.165, 1.54) is 30.5 Å². The van der Waals surface area contributed by atoms with Crippen molar-refractivity contribution < 1.29 is 58.1 Å². The molecule has 3 N–H and O–H groups in total. The van der Waals surface area contributed by atoms with Crippen LogP contribution in [0.25, 0.3) is 0 Å². The molecule has 0 bridgehead atoms. The van der Waals surface area contributed by atoms with Gasteiger partial charge in [-0.25, -0.2) is 9.59 Å². The third-order valence-corrected chi connectivity index (χ3v) is 6.37. The van der Waals surface area contributed by atoms with Gasteiger partial charge in [0.1, 0.15) is 18.0 Å². The number of rotatable bonds is 7. The molecule has 0 spiro atoms. The summed E-state index contributed by atoms with van der Waals surface area (Å²) < 4.78 is 33.3. The van der Waals surface area contributed by atoms with Crippen molar-refractivity contribution in [2.24, 2.45) is 11.8 Å². The number of aliphatic hydroxyl groups excluding tert-OH is 2. The summed E-state index contributed by atoms with van der Waals surface area (Å²) in [4.78, 5) is 36.9. The zero-order chi connectivity index (χ0) is 26.7. The Labute approximate surface area is 212 Å². The lowest BCUT2D eigenvalue weighted by Gasteiger charge is -2.45. The number of carbonyl (C=O) groups excluding carboxylic acids is 3. The second-order valence-corrected chi connectivity index (χ2v) is 8.77. The molecule has 200 valence electrons. The van der Waals surface area contributed by atoms with Gasteiger partial charge in [0.15, 0.2) is 12.2 Å². The molecule has 0 amide bonds. The van der Waals surface area contributed by atoms with Crippen molar-refractivity contribution in [3.05, 3.63) is 54.3 Å². The first-order chi connectivity index (χ1) is 17.7. The Kier molecular flexibility index (Phi) is 8.13. The molecule has 1 aromatic carbocycles. The van der Waals surface area contributed by atoms with Crippen molar-refractivity contribution in [2.45, 2.75) is 50.3 Å². The maximum absolute atomic E-state index is 12.9. The molecule has 37 heavy (non-hydrogen) atoms. The highest BCUT2D eigenvalue weighted by Crippen LogP contribution is 2.39. The minimum absolute atomic E-state index is 0.0229. The average molecular weight is 520 g/mol. The fourth-order valence-corrected chi connectivity index (χ4v) is 4.58. The van der Waals surface area contributed by atoms with Gasteiger partial charge in [-0.2, -0.15) is 0 Å². The summed E-state index contributed by atoms with van der Waals surface area (Å²) in [6, 6.07) is 5.35. The predicted molar refractivity (Wildman–Crippen MR) is 121 cm³/mol. The van der Waals surface area contributed by atoms with Crippen LogP contribution in [0.2, 0.25) is 0 Å². The lowest BCUT2D eigenvalue weighted by atomic mass is 9.81. The maximum atomic E-state index is 12.9. The molecule has 3 aliphatic rings.